The number of carbonyl (C=O) groups excluding carboxylic acids is 1. The number of benzene rings is 2. The Balaban J connectivity index is 1.58. The summed E-state index contributed by atoms with van der Waals surface area (Å²) in [5, 5.41) is 11.7. The number of anilines is 1. The molecule has 2 aromatic carbocycles. The lowest BCUT2D eigenvalue weighted by atomic mass is 10.1. The van der Waals surface area contributed by atoms with E-state index in [1.54, 1.807) is 23.1 Å². The molecule has 0 aliphatic carbocycles. The molecule has 1 amide bonds. The maximum absolute atomic E-state index is 12.9. The minimum Gasteiger partial charge on any atom is -0.378 e. The number of carbonyl (C=O) groups is 1. The number of morpholine rings is 1. The van der Waals surface area contributed by atoms with Gasteiger partial charge in [-0.1, -0.05) is 60.4 Å². The Morgan fingerprint density at radius 2 is 1.90 bits per heavy atom. The number of ether oxygens (including phenoxy) is 1. The SMILES string of the molecule is O=C1/C(=C\c2ccc(N3CCOCC3)c([N+](=O)[O-])c2)SC(=S)N1Cc1ccccc1. The van der Waals surface area contributed by atoms with Crippen molar-refractivity contribution >= 4 is 51.7 Å². The van der Waals surface area contributed by atoms with Crippen molar-refractivity contribution in [2.75, 3.05) is 31.2 Å². The molecule has 2 aromatic rings. The van der Waals surface area contributed by atoms with Crippen LogP contribution in [0.4, 0.5) is 11.4 Å². The van der Waals surface area contributed by atoms with E-state index < -0.39 is 0 Å². The van der Waals surface area contributed by atoms with Gasteiger partial charge in [0, 0.05) is 19.2 Å². The number of nitrogens with zero attached hydrogens (tertiary/aromatic N) is 3. The second-order valence-corrected chi connectivity index (χ2v) is 8.53. The van der Waals surface area contributed by atoms with Gasteiger partial charge >= 0.3 is 0 Å². The fraction of sp³-hybridized carbons (Fsp3) is 0.238. The first-order valence-corrected chi connectivity index (χ1v) is 10.7. The van der Waals surface area contributed by atoms with E-state index in [9.17, 15) is 14.9 Å². The Kier molecular flexibility index (Phi) is 6.12. The van der Waals surface area contributed by atoms with E-state index in [-0.39, 0.29) is 16.5 Å². The summed E-state index contributed by atoms with van der Waals surface area (Å²) in [6.45, 7) is 2.71. The molecule has 2 fully saturated rings. The van der Waals surface area contributed by atoms with Gasteiger partial charge < -0.3 is 9.64 Å². The maximum Gasteiger partial charge on any atom is 0.293 e. The number of thiocarbonyl (C=S) groups is 1. The lowest BCUT2D eigenvalue weighted by molar-refractivity contribution is -0.384. The normalized spacial score (nSPS) is 18.3. The summed E-state index contributed by atoms with van der Waals surface area (Å²) in [6.07, 6.45) is 1.67. The molecule has 0 spiro atoms. The van der Waals surface area contributed by atoms with Crippen LogP contribution in [-0.2, 0) is 16.1 Å². The lowest BCUT2D eigenvalue weighted by Crippen LogP contribution is -2.36. The van der Waals surface area contributed by atoms with Gasteiger partial charge in [-0.25, -0.2) is 0 Å². The van der Waals surface area contributed by atoms with Crippen LogP contribution >= 0.6 is 24.0 Å². The lowest BCUT2D eigenvalue weighted by Gasteiger charge is -2.28. The summed E-state index contributed by atoms with van der Waals surface area (Å²) < 4.78 is 5.81. The summed E-state index contributed by atoms with van der Waals surface area (Å²) in [6, 6.07) is 14.7. The van der Waals surface area contributed by atoms with Crippen LogP contribution in [0.3, 0.4) is 0 Å². The summed E-state index contributed by atoms with van der Waals surface area (Å²) >= 11 is 6.60. The van der Waals surface area contributed by atoms with Crippen molar-refractivity contribution in [1.29, 1.82) is 0 Å². The van der Waals surface area contributed by atoms with Gasteiger partial charge in [0.2, 0.25) is 0 Å². The molecule has 0 radical (unpaired) electrons. The van der Waals surface area contributed by atoms with E-state index in [0.717, 1.165) is 5.56 Å². The van der Waals surface area contributed by atoms with Crippen molar-refractivity contribution in [3.05, 3.63) is 74.7 Å². The number of thioether (sulfide) groups is 1. The molecule has 0 bridgehead atoms. The van der Waals surface area contributed by atoms with E-state index in [0.29, 0.717) is 53.3 Å². The van der Waals surface area contributed by atoms with E-state index >= 15 is 0 Å². The van der Waals surface area contributed by atoms with E-state index in [1.807, 2.05) is 35.2 Å². The van der Waals surface area contributed by atoms with Gasteiger partial charge in [-0.3, -0.25) is 19.8 Å². The molecule has 2 heterocycles. The van der Waals surface area contributed by atoms with Crippen molar-refractivity contribution in [2.45, 2.75) is 6.54 Å². The first kappa shape index (κ1) is 20.5. The van der Waals surface area contributed by atoms with Gasteiger partial charge in [-0.15, -0.1) is 0 Å². The fourth-order valence-electron chi connectivity index (χ4n) is 3.40. The van der Waals surface area contributed by atoms with Crippen molar-refractivity contribution in [1.82, 2.24) is 4.90 Å². The van der Waals surface area contributed by atoms with Crippen molar-refractivity contribution in [2.24, 2.45) is 0 Å². The molecule has 2 saturated heterocycles. The third-order valence-electron chi connectivity index (χ3n) is 4.90. The number of hydrogen-bond donors (Lipinski definition) is 0. The zero-order valence-corrected chi connectivity index (χ0v) is 17.7. The average Bonchev–Trinajstić information content (AvgIpc) is 3.02. The number of nitro benzene ring substituents is 1. The molecule has 0 aromatic heterocycles. The van der Waals surface area contributed by atoms with Crippen LogP contribution in [0.15, 0.2) is 53.4 Å². The first-order chi connectivity index (χ1) is 14.5. The fourth-order valence-corrected chi connectivity index (χ4v) is 4.66. The number of hydrogen-bond acceptors (Lipinski definition) is 7. The van der Waals surface area contributed by atoms with E-state index in [4.69, 9.17) is 17.0 Å². The van der Waals surface area contributed by atoms with Crippen LogP contribution in [-0.4, -0.2) is 46.4 Å². The third-order valence-corrected chi connectivity index (χ3v) is 6.28. The Morgan fingerprint density at radius 3 is 2.60 bits per heavy atom. The van der Waals surface area contributed by atoms with Gasteiger partial charge in [-0.05, 0) is 23.3 Å². The minimum atomic E-state index is -0.386. The summed E-state index contributed by atoms with van der Waals surface area (Å²) in [5.74, 6) is -0.186. The average molecular weight is 442 g/mol. The standard InChI is InChI=1S/C21H19N3O4S2/c25-20-19(30-21(29)23(20)14-15-4-2-1-3-5-15)13-16-6-7-17(18(12-16)24(26)27)22-8-10-28-11-9-22/h1-7,12-13H,8-11,14H2/b19-13+. The zero-order chi connectivity index (χ0) is 21.1. The van der Waals surface area contributed by atoms with Crippen molar-refractivity contribution in [3.8, 4) is 0 Å². The second kappa shape index (κ2) is 8.95. The number of amides is 1. The van der Waals surface area contributed by atoms with Gasteiger partial charge in [0.05, 0.1) is 29.6 Å². The van der Waals surface area contributed by atoms with Crippen LogP contribution in [0.2, 0.25) is 0 Å². The van der Waals surface area contributed by atoms with E-state index in [2.05, 4.69) is 0 Å². The van der Waals surface area contributed by atoms with Crippen LogP contribution in [0.5, 0.6) is 0 Å². The topological polar surface area (TPSA) is 75.9 Å². The summed E-state index contributed by atoms with van der Waals surface area (Å²) in [7, 11) is 0. The predicted octanol–water partition coefficient (Wildman–Crippen LogP) is 3.83. The molecule has 2 aliphatic heterocycles. The molecule has 30 heavy (non-hydrogen) atoms. The Morgan fingerprint density at radius 1 is 1.17 bits per heavy atom. The van der Waals surface area contributed by atoms with Crippen molar-refractivity contribution < 1.29 is 14.5 Å². The van der Waals surface area contributed by atoms with Gasteiger partial charge in [0.1, 0.15) is 10.0 Å². The first-order valence-electron chi connectivity index (χ1n) is 9.43. The third kappa shape index (κ3) is 4.38. The Hall–Kier alpha value is -2.75. The molecule has 0 N–H and O–H groups in total. The van der Waals surface area contributed by atoms with Gasteiger partial charge in [-0.2, -0.15) is 0 Å². The summed E-state index contributed by atoms with van der Waals surface area (Å²) in [4.78, 5) is 28.1. The molecule has 4 rings (SSSR count). The van der Waals surface area contributed by atoms with Crippen LogP contribution < -0.4 is 4.90 Å². The van der Waals surface area contributed by atoms with Crippen molar-refractivity contribution in [3.63, 3.8) is 0 Å². The van der Waals surface area contributed by atoms with Crippen LogP contribution in [0, 0.1) is 10.1 Å². The van der Waals surface area contributed by atoms with Gasteiger partial charge in [0.15, 0.2) is 0 Å². The summed E-state index contributed by atoms with van der Waals surface area (Å²) in [5.41, 5.74) is 2.17. The molecular formula is C21H19N3O4S2. The molecule has 0 atom stereocenters. The van der Waals surface area contributed by atoms with Crippen LogP contribution in [0.25, 0.3) is 6.08 Å². The highest BCUT2D eigenvalue weighted by molar-refractivity contribution is 8.26. The highest BCUT2D eigenvalue weighted by Gasteiger charge is 2.32. The number of rotatable bonds is 5. The second-order valence-electron chi connectivity index (χ2n) is 6.86. The molecule has 7 nitrogen and oxygen atoms in total. The highest BCUT2D eigenvalue weighted by Crippen LogP contribution is 2.35. The molecule has 0 saturated carbocycles. The van der Waals surface area contributed by atoms with Gasteiger partial charge in [0.25, 0.3) is 11.6 Å². The number of nitro groups is 1. The molecule has 0 unspecified atom stereocenters. The zero-order valence-electron chi connectivity index (χ0n) is 16.0. The minimum absolute atomic E-state index is 0.0189. The Bertz CT molecular complexity index is 1020. The monoisotopic (exact) mass is 441 g/mol. The quantitative estimate of drug-likeness (QED) is 0.302. The van der Waals surface area contributed by atoms with E-state index in [1.165, 1.54) is 17.8 Å². The molecule has 9 heteroatoms. The largest absolute Gasteiger partial charge is 0.378 e. The molecule has 154 valence electrons. The molecular weight excluding hydrogens is 422 g/mol. The predicted molar refractivity (Wildman–Crippen MR) is 121 cm³/mol. The smallest absolute Gasteiger partial charge is 0.293 e. The maximum atomic E-state index is 12.9. The Labute approximate surface area is 183 Å². The van der Waals surface area contributed by atoms with Crippen LogP contribution in [0.1, 0.15) is 11.1 Å². The highest BCUT2D eigenvalue weighted by atomic mass is 32.2. The molecule has 2 aliphatic rings.